The number of aliphatic carboxylic acids is 1. The molecule has 8 nitrogen and oxygen atoms in total. The molecule has 1 rings (SSSR count). The second-order valence-electron chi connectivity index (χ2n) is 4.93. The van der Waals surface area contributed by atoms with Crippen LogP contribution in [0.4, 0.5) is 4.79 Å². The van der Waals surface area contributed by atoms with Crippen LogP contribution in [0.1, 0.15) is 20.3 Å². The number of primary amides is 1. The van der Waals surface area contributed by atoms with Crippen molar-refractivity contribution in [1.82, 2.24) is 15.1 Å². The zero-order chi connectivity index (χ0) is 15.3. The smallest absolute Gasteiger partial charge is 0.326 e. The highest BCUT2D eigenvalue weighted by molar-refractivity contribution is 5.87. The van der Waals surface area contributed by atoms with Gasteiger partial charge in [0, 0.05) is 25.7 Å². The largest absolute Gasteiger partial charge is 0.480 e. The Hall–Kier alpha value is -1.83. The number of hydrogen-bond acceptors (Lipinski definition) is 4. The lowest BCUT2D eigenvalue weighted by Crippen LogP contribution is -2.57. The van der Waals surface area contributed by atoms with Crippen molar-refractivity contribution in [3.05, 3.63) is 0 Å². The SMILES string of the molecule is CCN1CCN(C(=O)N[C@H](CC(N)=O)C(=O)O)CC1C. The monoisotopic (exact) mass is 286 g/mol. The van der Waals surface area contributed by atoms with E-state index < -0.39 is 30.4 Å². The molecule has 4 N–H and O–H groups in total. The maximum atomic E-state index is 12.0. The minimum Gasteiger partial charge on any atom is -0.480 e. The minimum atomic E-state index is -1.28. The van der Waals surface area contributed by atoms with Gasteiger partial charge in [-0.25, -0.2) is 9.59 Å². The molecule has 3 amide bonds. The summed E-state index contributed by atoms with van der Waals surface area (Å²) < 4.78 is 0. The number of urea groups is 1. The van der Waals surface area contributed by atoms with Gasteiger partial charge in [0.25, 0.3) is 0 Å². The van der Waals surface area contributed by atoms with Gasteiger partial charge >= 0.3 is 12.0 Å². The maximum absolute atomic E-state index is 12.0. The van der Waals surface area contributed by atoms with Crippen LogP contribution in [0.25, 0.3) is 0 Å². The van der Waals surface area contributed by atoms with E-state index in [1.165, 1.54) is 0 Å². The van der Waals surface area contributed by atoms with E-state index in [0.717, 1.165) is 13.1 Å². The molecule has 20 heavy (non-hydrogen) atoms. The first-order valence-electron chi connectivity index (χ1n) is 6.65. The van der Waals surface area contributed by atoms with Crippen LogP contribution in [0.2, 0.25) is 0 Å². The summed E-state index contributed by atoms with van der Waals surface area (Å²) in [4.78, 5) is 37.6. The lowest BCUT2D eigenvalue weighted by atomic mass is 10.2. The zero-order valence-corrected chi connectivity index (χ0v) is 11.8. The third-order valence-corrected chi connectivity index (χ3v) is 3.46. The molecule has 1 aliphatic heterocycles. The van der Waals surface area contributed by atoms with Crippen molar-refractivity contribution in [1.29, 1.82) is 0 Å². The molecule has 0 aromatic heterocycles. The molecule has 2 atom stereocenters. The molecule has 1 fully saturated rings. The average molecular weight is 286 g/mol. The van der Waals surface area contributed by atoms with E-state index in [1.807, 2.05) is 6.92 Å². The van der Waals surface area contributed by atoms with E-state index in [2.05, 4.69) is 17.1 Å². The van der Waals surface area contributed by atoms with Crippen molar-refractivity contribution in [2.24, 2.45) is 5.73 Å². The van der Waals surface area contributed by atoms with Crippen LogP contribution in [0.5, 0.6) is 0 Å². The molecular weight excluding hydrogens is 264 g/mol. The molecule has 0 radical (unpaired) electrons. The van der Waals surface area contributed by atoms with Gasteiger partial charge in [-0.2, -0.15) is 0 Å². The Morgan fingerprint density at radius 3 is 2.50 bits per heavy atom. The molecule has 0 aromatic carbocycles. The first-order chi connectivity index (χ1) is 9.35. The number of carboxylic acids is 1. The highest BCUT2D eigenvalue weighted by Gasteiger charge is 2.29. The molecule has 1 aliphatic rings. The van der Waals surface area contributed by atoms with Gasteiger partial charge in [-0.1, -0.05) is 6.92 Å². The van der Waals surface area contributed by atoms with Crippen molar-refractivity contribution in [2.75, 3.05) is 26.2 Å². The number of carbonyl (C=O) groups excluding carboxylic acids is 2. The predicted octanol–water partition coefficient (Wildman–Crippen LogP) is -0.949. The van der Waals surface area contributed by atoms with Crippen LogP contribution in [0.15, 0.2) is 0 Å². The first-order valence-corrected chi connectivity index (χ1v) is 6.65. The van der Waals surface area contributed by atoms with Crippen molar-refractivity contribution in [2.45, 2.75) is 32.4 Å². The van der Waals surface area contributed by atoms with Crippen LogP contribution in [-0.2, 0) is 9.59 Å². The van der Waals surface area contributed by atoms with Gasteiger partial charge in [0.15, 0.2) is 0 Å². The number of nitrogens with one attached hydrogen (secondary N) is 1. The van der Waals surface area contributed by atoms with Crippen LogP contribution in [-0.4, -0.2) is 71.1 Å². The molecule has 0 saturated carbocycles. The minimum absolute atomic E-state index is 0.221. The molecule has 1 heterocycles. The Balaban J connectivity index is 2.57. The Kier molecular flexibility index (Phi) is 5.75. The Labute approximate surface area is 117 Å². The first kappa shape index (κ1) is 16.2. The zero-order valence-electron chi connectivity index (χ0n) is 11.8. The highest BCUT2D eigenvalue weighted by Crippen LogP contribution is 2.09. The third-order valence-electron chi connectivity index (χ3n) is 3.46. The van der Waals surface area contributed by atoms with Crippen molar-refractivity contribution < 1.29 is 19.5 Å². The van der Waals surface area contributed by atoms with Gasteiger partial charge in [-0.05, 0) is 13.5 Å². The fourth-order valence-corrected chi connectivity index (χ4v) is 2.29. The van der Waals surface area contributed by atoms with Crippen LogP contribution in [0, 0.1) is 0 Å². The number of hydrogen-bond donors (Lipinski definition) is 3. The predicted molar refractivity (Wildman–Crippen MR) is 72.0 cm³/mol. The fraction of sp³-hybridized carbons (Fsp3) is 0.750. The standard InChI is InChI=1S/C12H22N4O4/c1-3-15-4-5-16(7-8(15)2)12(20)14-9(11(18)19)6-10(13)17/h8-9H,3-7H2,1-2H3,(H2,13,17)(H,14,20)(H,18,19)/t8?,9-/m1/s1. The molecule has 0 aromatic rings. The number of amides is 3. The van der Waals surface area contributed by atoms with Crippen molar-refractivity contribution in [3.63, 3.8) is 0 Å². The van der Waals surface area contributed by atoms with E-state index >= 15 is 0 Å². The lowest BCUT2D eigenvalue weighted by molar-refractivity contribution is -0.141. The molecule has 0 spiro atoms. The number of likely N-dealkylation sites (N-methyl/N-ethyl adjacent to an activating group) is 1. The van der Waals surface area contributed by atoms with Gasteiger partial charge in [-0.15, -0.1) is 0 Å². The molecule has 1 unspecified atom stereocenters. The fourth-order valence-electron chi connectivity index (χ4n) is 2.29. The van der Waals surface area contributed by atoms with E-state index in [-0.39, 0.29) is 6.04 Å². The summed E-state index contributed by atoms with van der Waals surface area (Å²) in [6, 6.07) is -1.53. The summed E-state index contributed by atoms with van der Waals surface area (Å²) in [6.07, 6.45) is -0.411. The highest BCUT2D eigenvalue weighted by atomic mass is 16.4. The third kappa shape index (κ3) is 4.37. The number of piperazine rings is 1. The number of rotatable bonds is 5. The maximum Gasteiger partial charge on any atom is 0.326 e. The Bertz CT molecular complexity index is 388. The number of nitrogens with zero attached hydrogens (tertiary/aromatic N) is 2. The van der Waals surface area contributed by atoms with Gasteiger partial charge in [0.05, 0.1) is 6.42 Å². The Morgan fingerprint density at radius 2 is 2.05 bits per heavy atom. The summed E-state index contributed by atoms with van der Waals surface area (Å²) in [6.45, 7) is 6.80. The Morgan fingerprint density at radius 1 is 1.40 bits per heavy atom. The van der Waals surface area contributed by atoms with Crippen LogP contribution >= 0.6 is 0 Å². The summed E-state index contributed by atoms with van der Waals surface area (Å²) in [5.74, 6) is -2.03. The van der Waals surface area contributed by atoms with Crippen LogP contribution < -0.4 is 11.1 Å². The van der Waals surface area contributed by atoms with Crippen molar-refractivity contribution in [3.8, 4) is 0 Å². The number of nitrogens with two attached hydrogens (primary N) is 1. The average Bonchev–Trinajstić information content (AvgIpc) is 2.37. The van der Waals surface area contributed by atoms with Gasteiger partial charge in [-0.3, -0.25) is 9.69 Å². The summed E-state index contributed by atoms with van der Waals surface area (Å²) >= 11 is 0. The molecule has 0 aliphatic carbocycles. The second kappa shape index (κ2) is 7.09. The van der Waals surface area contributed by atoms with E-state index in [1.54, 1.807) is 4.90 Å². The topological polar surface area (TPSA) is 116 Å². The molecule has 0 bridgehead atoms. The number of carbonyl (C=O) groups is 3. The van der Waals surface area contributed by atoms with Crippen LogP contribution in [0.3, 0.4) is 0 Å². The normalized spacial score (nSPS) is 21.3. The van der Waals surface area contributed by atoms with E-state index in [0.29, 0.717) is 13.1 Å². The van der Waals surface area contributed by atoms with E-state index in [9.17, 15) is 14.4 Å². The molecular formula is C12H22N4O4. The van der Waals surface area contributed by atoms with Crippen molar-refractivity contribution >= 4 is 17.9 Å². The summed E-state index contributed by atoms with van der Waals surface area (Å²) in [5, 5.41) is 11.3. The number of carboxylic acid groups (broad SMARTS) is 1. The molecule has 114 valence electrons. The van der Waals surface area contributed by atoms with Gasteiger partial charge in [0.1, 0.15) is 6.04 Å². The molecule has 1 saturated heterocycles. The summed E-state index contributed by atoms with van der Waals surface area (Å²) in [5.41, 5.74) is 4.97. The van der Waals surface area contributed by atoms with E-state index in [4.69, 9.17) is 10.8 Å². The quantitative estimate of drug-likeness (QED) is 0.602. The van der Waals surface area contributed by atoms with Gasteiger partial charge < -0.3 is 21.1 Å². The molecule has 8 heteroatoms. The summed E-state index contributed by atoms with van der Waals surface area (Å²) in [7, 11) is 0. The lowest BCUT2D eigenvalue weighted by Gasteiger charge is -2.39. The second-order valence-corrected chi connectivity index (χ2v) is 4.93. The van der Waals surface area contributed by atoms with Gasteiger partial charge in [0.2, 0.25) is 5.91 Å².